The van der Waals surface area contributed by atoms with Gasteiger partial charge in [0.2, 0.25) is 12.3 Å². The molecule has 2 aromatic rings. The second-order valence-electron chi connectivity index (χ2n) is 11.3. The van der Waals surface area contributed by atoms with Crippen molar-refractivity contribution in [3.05, 3.63) is 88.8 Å². The lowest BCUT2D eigenvalue weighted by atomic mass is 9.94. The third kappa shape index (κ3) is 8.77. The summed E-state index contributed by atoms with van der Waals surface area (Å²) < 4.78 is 11.6. The maximum atomic E-state index is 11.0. The van der Waals surface area contributed by atoms with Gasteiger partial charge in [-0.25, -0.2) is 0 Å². The molecule has 3 heterocycles. The minimum absolute atomic E-state index is 0.404. The van der Waals surface area contributed by atoms with E-state index in [0.29, 0.717) is 50.3 Å². The molecule has 0 bridgehead atoms. The van der Waals surface area contributed by atoms with Crippen molar-refractivity contribution in [1.82, 2.24) is 20.5 Å². The lowest BCUT2D eigenvalue weighted by Gasteiger charge is -2.35. The summed E-state index contributed by atoms with van der Waals surface area (Å²) in [5.41, 5.74) is 4.88. The molecule has 5 rings (SSSR count). The number of rotatable bonds is 8. The van der Waals surface area contributed by atoms with Gasteiger partial charge in [0.05, 0.1) is 11.8 Å². The van der Waals surface area contributed by atoms with Crippen LogP contribution in [0, 0.1) is 13.8 Å². The van der Waals surface area contributed by atoms with E-state index in [1.54, 1.807) is 12.4 Å². The van der Waals surface area contributed by atoms with Crippen molar-refractivity contribution in [2.45, 2.75) is 65.0 Å². The molecule has 0 spiro atoms. The van der Waals surface area contributed by atoms with Crippen LogP contribution in [0.5, 0.6) is 5.75 Å². The Morgan fingerprint density at radius 2 is 1.95 bits per heavy atom. The minimum atomic E-state index is -0.820. The smallest absolute Gasteiger partial charge is 0.224 e. The monoisotopic (exact) mass is 573 g/mol. The number of benzene rings is 1. The lowest BCUT2D eigenvalue weighted by molar-refractivity contribution is -0.109. The van der Waals surface area contributed by atoms with Crippen molar-refractivity contribution >= 4 is 17.9 Å². The predicted molar refractivity (Wildman–Crippen MR) is 166 cm³/mol. The maximum absolute atomic E-state index is 11.0. The van der Waals surface area contributed by atoms with Gasteiger partial charge in [-0.05, 0) is 69.4 Å². The molecular weight excluding hydrogens is 530 g/mol. The largest absolute Gasteiger partial charge is 0.437 e. The van der Waals surface area contributed by atoms with Crippen LogP contribution in [0.1, 0.15) is 56.2 Å². The number of aliphatic hydroxyl groups is 1. The molecule has 3 aliphatic rings. The van der Waals surface area contributed by atoms with E-state index in [2.05, 4.69) is 67.6 Å². The Bertz CT molecular complexity index is 1350. The van der Waals surface area contributed by atoms with E-state index in [1.165, 1.54) is 24.0 Å². The van der Waals surface area contributed by atoms with Gasteiger partial charge in [0.25, 0.3) is 0 Å². The first kappa shape index (κ1) is 31.0. The fraction of sp³-hybridized carbons (Fsp3) is 0.424. The van der Waals surface area contributed by atoms with Crippen molar-refractivity contribution in [3.8, 4) is 5.75 Å². The third-order valence-electron chi connectivity index (χ3n) is 7.41. The summed E-state index contributed by atoms with van der Waals surface area (Å²) in [5.74, 6) is 2.60. The summed E-state index contributed by atoms with van der Waals surface area (Å²) >= 11 is 0. The summed E-state index contributed by atoms with van der Waals surface area (Å²) in [7, 11) is 1.98. The normalized spacial score (nSPS) is 18.9. The van der Waals surface area contributed by atoms with Gasteiger partial charge in [0.15, 0.2) is 0 Å². The van der Waals surface area contributed by atoms with E-state index in [4.69, 9.17) is 14.5 Å². The van der Waals surface area contributed by atoms with Crippen LogP contribution in [-0.2, 0) is 9.53 Å². The molecule has 1 aliphatic carbocycles. The van der Waals surface area contributed by atoms with E-state index in [0.717, 1.165) is 34.8 Å². The summed E-state index contributed by atoms with van der Waals surface area (Å²) in [5, 5.41) is 17.1. The van der Waals surface area contributed by atoms with Crippen LogP contribution in [-0.4, -0.2) is 65.7 Å². The highest BCUT2D eigenvalue weighted by molar-refractivity contribution is 5.93. The molecule has 2 fully saturated rings. The van der Waals surface area contributed by atoms with Gasteiger partial charge in [-0.2, -0.15) is 4.99 Å². The molecule has 0 unspecified atom stereocenters. The van der Waals surface area contributed by atoms with Gasteiger partial charge in [0, 0.05) is 63.5 Å². The Morgan fingerprint density at radius 3 is 2.55 bits per heavy atom. The number of hydrogen-bond donors (Lipinski definition) is 3. The minimum Gasteiger partial charge on any atom is -0.437 e. The number of pyridine rings is 1. The van der Waals surface area contributed by atoms with Gasteiger partial charge in [0.1, 0.15) is 17.4 Å². The molecule has 9 heteroatoms. The van der Waals surface area contributed by atoms with Crippen LogP contribution in [0.4, 0.5) is 0 Å². The third-order valence-corrected chi connectivity index (χ3v) is 7.41. The zero-order valence-electron chi connectivity index (χ0n) is 25.3. The van der Waals surface area contributed by atoms with Crippen molar-refractivity contribution in [3.63, 3.8) is 0 Å². The fourth-order valence-corrected chi connectivity index (χ4v) is 4.53. The number of aliphatic imine (C=N–C) groups is 1. The van der Waals surface area contributed by atoms with Crippen LogP contribution in [0.15, 0.2) is 77.1 Å². The standard InChI is InChI=1S/C29H36N4O3.C4H7NO/c1-20(2)15-25(23-9-8-21(3)22(4)16-23)28-32-27(36-24-7-6-12-30-18-24)17-26(33(28)5)31-19-29(34)10-13-35-14-11-29;6-3-5-4-1-2-4/h6-9,12,15-18,31,34H,10-11,13-14,19H2,1-5H3;3-4H,1-2H2,(H,5,6)/b28-25+;. The number of carbonyl (C=O) groups is 1. The molecule has 224 valence electrons. The Hall–Kier alpha value is -3.95. The average molecular weight is 574 g/mol. The van der Waals surface area contributed by atoms with Crippen molar-refractivity contribution in [1.29, 1.82) is 0 Å². The summed E-state index contributed by atoms with van der Waals surface area (Å²) in [6, 6.07) is 10.7. The van der Waals surface area contributed by atoms with E-state index in [1.807, 2.05) is 30.2 Å². The van der Waals surface area contributed by atoms with E-state index in [9.17, 15) is 9.90 Å². The highest BCUT2D eigenvalue weighted by Gasteiger charge is 2.31. The number of carbonyl (C=O) groups excluding carboxylic acids is 1. The summed E-state index contributed by atoms with van der Waals surface area (Å²) in [6.45, 7) is 9.92. The van der Waals surface area contributed by atoms with Crippen LogP contribution >= 0.6 is 0 Å². The Labute approximate surface area is 249 Å². The van der Waals surface area contributed by atoms with Gasteiger partial charge in [-0.15, -0.1) is 0 Å². The molecule has 1 aromatic carbocycles. The topological polar surface area (TPSA) is 108 Å². The number of allylic oxidation sites excluding steroid dienone is 3. The van der Waals surface area contributed by atoms with Gasteiger partial charge < -0.3 is 30.1 Å². The first-order valence-electron chi connectivity index (χ1n) is 14.5. The van der Waals surface area contributed by atoms with Gasteiger partial charge in [-0.3, -0.25) is 9.78 Å². The molecule has 1 aromatic heterocycles. The highest BCUT2D eigenvalue weighted by Crippen LogP contribution is 2.30. The first-order valence-corrected chi connectivity index (χ1v) is 14.5. The quantitative estimate of drug-likeness (QED) is 0.396. The number of aromatic nitrogens is 1. The van der Waals surface area contributed by atoms with Crippen LogP contribution in [0.3, 0.4) is 0 Å². The molecule has 0 atom stereocenters. The maximum Gasteiger partial charge on any atom is 0.224 e. The van der Waals surface area contributed by atoms with E-state index >= 15 is 0 Å². The number of amides is 1. The molecule has 1 saturated carbocycles. The number of nitrogens with zero attached hydrogens (tertiary/aromatic N) is 3. The summed E-state index contributed by atoms with van der Waals surface area (Å²) in [4.78, 5) is 20.6. The molecule has 1 amide bonds. The molecule has 2 aliphatic heterocycles. The Balaban J connectivity index is 0.000000600. The number of hydrogen-bond acceptors (Lipinski definition) is 8. The Morgan fingerprint density at radius 1 is 1.19 bits per heavy atom. The molecule has 3 N–H and O–H groups in total. The SMILES string of the molecule is CC(C)=C/C(=C1/N=C(Oc2cccnc2)C=C(NCC2(O)CCOCC2)N1C)c1ccc(C)c(C)c1.O=CNC1CC1. The van der Waals surface area contributed by atoms with E-state index in [-0.39, 0.29) is 0 Å². The number of ether oxygens (including phenoxy) is 2. The molecular formula is C33H43N5O4. The first-order chi connectivity index (χ1) is 20.2. The lowest BCUT2D eigenvalue weighted by Crippen LogP contribution is -2.47. The second kappa shape index (κ2) is 14.3. The fourth-order valence-electron chi connectivity index (χ4n) is 4.53. The molecule has 1 saturated heterocycles. The number of nitrogens with one attached hydrogen (secondary N) is 2. The molecule has 42 heavy (non-hydrogen) atoms. The van der Waals surface area contributed by atoms with Crippen LogP contribution in [0.2, 0.25) is 0 Å². The highest BCUT2D eigenvalue weighted by atomic mass is 16.5. The van der Waals surface area contributed by atoms with Crippen molar-refractivity contribution in [2.24, 2.45) is 4.99 Å². The number of aryl methyl sites for hydroxylation is 2. The van der Waals surface area contributed by atoms with Gasteiger partial charge >= 0.3 is 0 Å². The summed E-state index contributed by atoms with van der Waals surface area (Å²) in [6.07, 6.45) is 11.7. The van der Waals surface area contributed by atoms with Crippen LogP contribution in [0.25, 0.3) is 5.57 Å². The molecule has 9 nitrogen and oxygen atoms in total. The average Bonchev–Trinajstić information content (AvgIpc) is 3.79. The van der Waals surface area contributed by atoms with Crippen LogP contribution < -0.4 is 15.4 Å². The Kier molecular flexibility index (Phi) is 10.5. The van der Waals surface area contributed by atoms with Gasteiger partial charge in [-0.1, -0.05) is 29.8 Å². The van der Waals surface area contributed by atoms with E-state index < -0.39 is 5.60 Å². The zero-order valence-corrected chi connectivity index (χ0v) is 25.3. The second-order valence-corrected chi connectivity index (χ2v) is 11.3. The predicted octanol–water partition coefficient (Wildman–Crippen LogP) is 4.62. The van der Waals surface area contributed by atoms with Crippen molar-refractivity contribution in [2.75, 3.05) is 26.8 Å². The van der Waals surface area contributed by atoms with Crippen molar-refractivity contribution < 1.29 is 19.4 Å². The zero-order chi connectivity index (χ0) is 30.1. The molecule has 0 radical (unpaired) electrons.